The molecule has 0 saturated carbocycles. The Balaban J connectivity index is 2.57. The van der Waals surface area contributed by atoms with Gasteiger partial charge in [0, 0.05) is 7.59 Å². The third-order valence-electron chi connectivity index (χ3n) is 4.74. The van der Waals surface area contributed by atoms with Gasteiger partial charge in [0.2, 0.25) is 12.2 Å². The van der Waals surface area contributed by atoms with Gasteiger partial charge in [-0.05, 0) is 24.3 Å². The van der Waals surface area contributed by atoms with Gasteiger partial charge in [0.05, 0.1) is 11.4 Å². The van der Waals surface area contributed by atoms with Gasteiger partial charge >= 0.3 is 0 Å². The number of hydrogen-bond acceptors (Lipinski definition) is 4. The largest absolute Gasteiger partial charge is 0.240 e. The summed E-state index contributed by atoms with van der Waals surface area (Å²) in [5, 5.41) is 2.64. The molecule has 0 heterocycles. The fourth-order valence-electron chi connectivity index (χ4n) is 2.88. The van der Waals surface area contributed by atoms with Crippen molar-refractivity contribution in [2.75, 3.05) is 0 Å². The Morgan fingerprint density at radius 3 is 1.25 bits per heavy atom. The highest BCUT2D eigenvalue weighted by molar-refractivity contribution is 7.50. The van der Waals surface area contributed by atoms with Crippen molar-refractivity contribution in [2.45, 2.75) is 26.2 Å². The first-order chi connectivity index (χ1) is 11.3. The van der Waals surface area contributed by atoms with Crippen LogP contribution >= 0.6 is 0 Å². The summed E-state index contributed by atoms with van der Waals surface area (Å²) in [5.41, 5.74) is 1.24. The standard InChI is InChI=1S/C18H20N2O2Si2/c1-23(2,3)24(4,17-9-5-15(6-10-17)19-13-21)18-11-7-16(8-12-18)20-14-22/h5-12H,1-4H3. The minimum atomic E-state index is -1.94. The molecule has 0 unspecified atom stereocenters. The van der Waals surface area contributed by atoms with Crippen LogP contribution in [-0.4, -0.2) is 27.3 Å². The monoisotopic (exact) mass is 352 g/mol. The molecule has 0 aliphatic carbocycles. The van der Waals surface area contributed by atoms with E-state index in [0.29, 0.717) is 11.4 Å². The lowest BCUT2D eigenvalue weighted by Crippen LogP contribution is -2.71. The second-order valence-electron chi connectivity index (χ2n) is 6.87. The quantitative estimate of drug-likeness (QED) is 0.471. The Bertz CT molecular complexity index is 750. The van der Waals surface area contributed by atoms with Crippen molar-refractivity contribution in [3.63, 3.8) is 0 Å². The van der Waals surface area contributed by atoms with E-state index in [1.165, 1.54) is 10.4 Å². The van der Waals surface area contributed by atoms with Crippen molar-refractivity contribution >= 4 is 49.1 Å². The Labute approximate surface area is 143 Å². The Morgan fingerprint density at radius 2 is 1.00 bits per heavy atom. The molecular weight excluding hydrogens is 332 g/mol. The smallest absolute Gasteiger partial charge is 0.211 e. The number of aliphatic imine (C=N–C) groups is 2. The maximum atomic E-state index is 10.4. The summed E-state index contributed by atoms with van der Waals surface area (Å²) in [6, 6.07) is 15.8. The van der Waals surface area contributed by atoms with Crippen molar-refractivity contribution in [3.8, 4) is 0 Å². The van der Waals surface area contributed by atoms with Crippen molar-refractivity contribution < 1.29 is 9.59 Å². The highest BCUT2D eigenvalue weighted by atomic mass is 29.3. The van der Waals surface area contributed by atoms with Gasteiger partial charge < -0.3 is 0 Å². The van der Waals surface area contributed by atoms with E-state index in [1.54, 1.807) is 12.2 Å². The van der Waals surface area contributed by atoms with Crippen LogP contribution in [0.25, 0.3) is 0 Å². The molecule has 0 aliphatic heterocycles. The molecule has 0 amide bonds. The molecule has 0 N–H and O–H groups in total. The first-order valence-electron chi connectivity index (χ1n) is 7.70. The molecule has 2 rings (SSSR count). The molecule has 24 heavy (non-hydrogen) atoms. The molecule has 0 aromatic heterocycles. The van der Waals surface area contributed by atoms with Crippen molar-refractivity contribution in [1.82, 2.24) is 0 Å². The molecule has 122 valence electrons. The highest BCUT2D eigenvalue weighted by Crippen LogP contribution is 2.22. The molecular formula is C18H20N2O2Si2. The molecule has 0 aliphatic rings. The van der Waals surface area contributed by atoms with E-state index in [1.807, 2.05) is 24.3 Å². The first kappa shape index (κ1) is 18.0. The summed E-state index contributed by atoms with van der Waals surface area (Å²) in [5.74, 6) is 0. The molecule has 4 nitrogen and oxygen atoms in total. The summed E-state index contributed by atoms with van der Waals surface area (Å²) in [7, 11) is -3.48. The average molecular weight is 353 g/mol. The van der Waals surface area contributed by atoms with Crippen molar-refractivity contribution in [3.05, 3.63) is 48.5 Å². The minimum Gasteiger partial charge on any atom is -0.211 e. The normalized spacial score (nSPS) is 13.3. The molecule has 0 spiro atoms. The fourth-order valence-corrected chi connectivity index (χ4v) is 12.8. The lowest BCUT2D eigenvalue weighted by atomic mass is 10.3. The van der Waals surface area contributed by atoms with E-state index in [2.05, 4.69) is 60.4 Å². The summed E-state index contributed by atoms with van der Waals surface area (Å²) < 4.78 is 0. The molecule has 6 heteroatoms. The maximum Gasteiger partial charge on any atom is 0.240 e. The zero-order valence-corrected chi connectivity index (χ0v) is 16.3. The summed E-state index contributed by atoms with van der Waals surface area (Å²) in [6.45, 7) is 9.53. The van der Waals surface area contributed by atoms with Crippen molar-refractivity contribution in [1.29, 1.82) is 0 Å². The van der Waals surface area contributed by atoms with Gasteiger partial charge in [-0.15, -0.1) is 0 Å². The van der Waals surface area contributed by atoms with Gasteiger partial charge in [-0.1, -0.05) is 60.8 Å². The number of isocyanates is 2. The SMILES string of the molecule is C[Si](C)(C)[Si](C)(c1ccc(N=C=O)cc1)c1ccc(N=C=O)cc1. The van der Waals surface area contributed by atoms with Gasteiger partial charge in [0.25, 0.3) is 0 Å². The third-order valence-corrected chi connectivity index (χ3v) is 21.4. The van der Waals surface area contributed by atoms with E-state index in [0.717, 1.165) is 0 Å². The molecule has 2 aromatic rings. The van der Waals surface area contributed by atoms with Crippen LogP contribution in [0.1, 0.15) is 0 Å². The van der Waals surface area contributed by atoms with Crippen LogP contribution in [0.15, 0.2) is 58.5 Å². The number of hydrogen-bond donors (Lipinski definition) is 0. The molecule has 2 aromatic carbocycles. The summed E-state index contributed by atoms with van der Waals surface area (Å²) >= 11 is 0. The number of benzene rings is 2. The van der Waals surface area contributed by atoms with Crippen LogP contribution in [0.3, 0.4) is 0 Å². The molecule has 0 saturated heterocycles. The molecule has 0 radical (unpaired) electrons. The summed E-state index contributed by atoms with van der Waals surface area (Å²) in [6.07, 6.45) is 3.15. The predicted octanol–water partition coefficient (Wildman–Crippen LogP) is 3.23. The lowest BCUT2D eigenvalue weighted by molar-refractivity contribution is 0.564. The van der Waals surface area contributed by atoms with Gasteiger partial charge in [0.15, 0.2) is 0 Å². The van der Waals surface area contributed by atoms with Gasteiger partial charge in [-0.25, -0.2) is 9.59 Å². The molecule has 0 bridgehead atoms. The number of nitrogens with zero attached hydrogens (tertiary/aromatic N) is 2. The van der Waals surface area contributed by atoms with Crippen LogP contribution in [0, 0.1) is 0 Å². The summed E-state index contributed by atoms with van der Waals surface area (Å²) in [4.78, 5) is 28.2. The van der Waals surface area contributed by atoms with Crippen LogP contribution in [0.2, 0.25) is 26.2 Å². The molecule has 0 atom stereocenters. The first-order valence-corrected chi connectivity index (χ1v) is 14.7. The predicted molar refractivity (Wildman–Crippen MR) is 103 cm³/mol. The van der Waals surface area contributed by atoms with Gasteiger partial charge in [0.1, 0.15) is 7.59 Å². The second kappa shape index (κ2) is 7.03. The number of rotatable bonds is 5. The maximum absolute atomic E-state index is 10.4. The van der Waals surface area contributed by atoms with Crippen molar-refractivity contribution in [2.24, 2.45) is 9.98 Å². The van der Waals surface area contributed by atoms with Gasteiger partial charge in [-0.3, -0.25) is 0 Å². The zero-order valence-electron chi connectivity index (χ0n) is 14.3. The Kier molecular flexibility index (Phi) is 5.27. The Morgan fingerprint density at radius 1 is 0.667 bits per heavy atom. The third kappa shape index (κ3) is 3.42. The van der Waals surface area contributed by atoms with Crippen LogP contribution in [-0.2, 0) is 9.59 Å². The van der Waals surface area contributed by atoms with E-state index >= 15 is 0 Å². The van der Waals surface area contributed by atoms with Crippen LogP contribution in [0.4, 0.5) is 11.4 Å². The Hall–Kier alpha value is -2.37. The zero-order chi connectivity index (χ0) is 17.8. The van der Waals surface area contributed by atoms with E-state index in [4.69, 9.17) is 0 Å². The lowest BCUT2D eigenvalue weighted by Gasteiger charge is -2.40. The van der Waals surface area contributed by atoms with E-state index < -0.39 is 15.2 Å². The second-order valence-corrected chi connectivity index (χ2v) is 22.3. The molecule has 0 fully saturated rings. The number of carbonyl (C=O) groups excluding carboxylic acids is 2. The van der Waals surface area contributed by atoms with Crippen LogP contribution in [0.5, 0.6) is 0 Å². The fraction of sp³-hybridized carbons (Fsp3) is 0.222. The van der Waals surface area contributed by atoms with E-state index in [9.17, 15) is 9.59 Å². The highest BCUT2D eigenvalue weighted by Gasteiger charge is 2.44. The van der Waals surface area contributed by atoms with Crippen LogP contribution < -0.4 is 10.4 Å². The average Bonchev–Trinajstić information content (AvgIpc) is 2.55. The van der Waals surface area contributed by atoms with E-state index in [-0.39, 0.29) is 0 Å². The minimum absolute atomic E-state index is 0.622. The topological polar surface area (TPSA) is 58.9 Å². The van der Waals surface area contributed by atoms with Gasteiger partial charge in [-0.2, -0.15) is 9.98 Å².